The zero-order valence-corrected chi connectivity index (χ0v) is 9.93. The van der Waals surface area contributed by atoms with Crippen molar-refractivity contribution >= 4 is 5.69 Å². The van der Waals surface area contributed by atoms with Crippen molar-refractivity contribution in [1.82, 2.24) is 5.32 Å². The van der Waals surface area contributed by atoms with Crippen LogP contribution in [0, 0.1) is 15.9 Å². The third-order valence-corrected chi connectivity index (χ3v) is 2.19. The van der Waals surface area contributed by atoms with E-state index in [0.29, 0.717) is 6.54 Å². The van der Waals surface area contributed by atoms with Gasteiger partial charge in [-0.3, -0.25) is 10.1 Å². The summed E-state index contributed by atoms with van der Waals surface area (Å²) in [4.78, 5) is 9.95. The highest BCUT2D eigenvalue weighted by Gasteiger charge is 2.20. The van der Waals surface area contributed by atoms with Gasteiger partial charge in [0.15, 0.2) is 5.82 Å². The summed E-state index contributed by atoms with van der Waals surface area (Å²) in [6.45, 7) is 2.61. The number of rotatable bonds is 7. The van der Waals surface area contributed by atoms with Crippen LogP contribution in [0.4, 0.5) is 10.1 Å². The molecule has 0 aliphatic heterocycles. The minimum absolute atomic E-state index is 0.214. The van der Waals surface area contributed by atoms with Gasteiger partial charge in [-0.2, -0.15) is 0 Å². The van der Waals surface area contributed by atoms with Gasteiger partial charge in [-0.1, -0.05) is 13.0 Å². The minimum Gasteiger partial charge on any atom is -0.482 e. The summed E-state index contributed by atoms with van der Waals surface area (Å²) in [7, 11) is 0. The smallest absolute Gasteiger partial charge is 0.314 e. The van der Waals surface area contributed by atoms with Crippen molar-refractivity contribution in [2.75, 3.05) is 19.7 Å². The fraction of sp³-hybridized carbons (Fsp3) is 0.455. The molecule has 0 amide bonds. The van der Waals surface area contributed by atoms with Gasteiger partial charge in [0.05, 0.1) is 4.92 Å². The molecule has 18 heavy (non-hydrogen) atoms. The summed E-state index contributed by atoms with van der Waals surface area (Å²) < 4.78 is 18.4. The average Bonchev–Trinajstić information content (AvgIpc) is 2.34. The topological polar surface area (TPSA) is 84.6 Å². The van der Waals surface area contributed by atoms with Gasteiger partial charge in [-0.25, -0.2) is 4.39 Å². The summed E-state index contributed by atoms with van der Waals surface area (Å²) >= 11 is 0. The van der Waals surface area contributed by atoms with E-state index in [2.05, 4.69) is 5.32 Å². The van der Waals surface area contributed by atoms with Gasteiger partial charge in [0, 0.05) is 12.6 Å². The highest BCUT2D eigenvalue weighted by Crippen LogP contribution is 2.29. The van der Waals surface area contributed by atoms with Crippen LogP contribution in [0.5, 0.6) is 5.75 Å². The molecule has 0 aliphatic carbocycles. The van der Waals surface area contributed by atoms with Crippen LogP contribution in [-0.4, -0.2) is 35.8 Å². The molecule has 0 aromatic heterocycles. The van der Waals surface area contributed by atoms with Crippen LogP contribution in [0.3, 0.4) is 0 Å². The number of nitro groups is 1. The van der Waals surface area contributed by atoms with Gasteiger partial charge >= 0.3 is 5.69 Å². The van der Waals surface area contributed by atoms with Gasteiger partial charge < -0.3 is 15.2 Å². The molecule has 1 rings (SSSR count). The van der Waals surface area contributed by atoms with E-state index in [0.717, 1.165) is 12.1 Å². The average molecular weight is 258 g/mol. The van der Waals surface area contributed by atoms with E-state index < -0.39 is 28.3 Å². The lowest BCUT2D eigenvalue weighted by Crippen LogP contribution is -2.31. The number of hydrogen-bond acceptors (Lipinski definition) is 5. The second-order valence-corrected chi connectivity index (χ2v) is 3.62. The molecule has 1 aromatic rings. The normalized spacial score (nSPS) is 12.2. The number of nitrogens with zero attached hydrogens (tertiary/aromatic N) is 1. The number of nitrogens with one attached hydrogen (secondary N) is 1. The van der Waals surface area contributed by atoms with Crippen molar-refractivity contribution in [3.05, 3.63) is 34.1 Å². The number of likely N-dealkylation sites (N-methyl/N-ethyl adjacent to an activating group) is 1. The standard InChI is InChI=1S/C11H15FN2O4/c1-2-13-6-8(15)7-18-11-9(12)4-3-5-10(11)14(16)17/h3-5,8,13,15H,2,6-7H2,1H3. The molecule has 2 N–H and O–H groups in total. The number of para-hydroxylation sites is 1. The molecule has 0 fully saturated rings. The third-order valence-electron chi connectivity index (χ3n) is 2.19. The molecule has 7 heteroatoms. The van der Waals surface area contributed by atoms with Gasteiger partial charge in [0.1, 0.15) is 12.7 Å². The monoisotopic (exact) mass is 258 g/mol. The number of ether oxygens (including phenoxy) is 1. The summed E-state index contributed by atoms with van der Waals surface area (Å²) in [6.07, 6.45) is -0.857. The van der Waals surface area contributed by atoms with Crippen molar-refractivity contribution < 1.29 is 19.2 Å². The number of halogens is 1. The predicted molar refractivity (Wildman–Crippen MR) is 63.1 cm³/mol. The van der Waals surface area contributed by atoms with Crippen molar-refractivity contribution in [3.8, 4) is 5.75 Å². The number of nitro benzene ring substituents is 1. The van der Waals surface area contributed by atoms with Crippen molar-refractivity contribution in [2.24, 2.45) is 0 Å². The van der Waals surface area contributed by atoms with Crippen molar-refractivity contribution in [1.29, 1.82) is 0 Å². The minimum atomic E-state index is -0.857. The second kappa shape index (κ2) is 6.87. The van der Waals surface area contributed by atoms with E-state index in [9.17, 15) is 19.6 Å². The van der Waals surface area contributed by atoms with Crippen LogP contribution in [0.1, 0.15) is 6.92 Å². The van der Waals surface area contributed by atoms with Crippen LogP contribution in [0.25, 0.3) is 0 Å². The molecule has 0 heterocycles. The first-order valence-electron chi connectivity index (χ1n) is 5.50. The number of aliphatic hydroxyl groups is 1. The van der Waals surface area contributed by atoms with Gasteiger partial charge in [-0.15, -0.1) is 0 Å². The molecule has 0 saturated heterocycles. The summed E-state index contributed by atoms with van der Waals surface area (Å²) in [5.41, 5.74) is -0.453. The predicted octanol–water partition coefficient (Wildman–Crippen LogP) is 1.08. The lowest BCUT2D eigenvalue weighted by Gasteiger charge is -2.12. The lowest BCUT2D eigenvalue weighted by atomic mass is 10.3. The van der Waals surface area contributed by atoms with E-state index in [1.165, 1.54) is 6.07 Å². The number of benzene rings is 1. The zero-order chi connectivity index (χ0) is 13.5. The SMILES string of the molecule is CCNCC(O)COc1c(F)cccc1[N+](=O)[O-]. The Bertz CT molecular complexity index is 414. The summed E-state index contributed by atoms with van der Waals surface area (Å²) in [5.74, 6) is -1.27. The third kappa shape index (κ3) is 3.94. The fourth-order valence-electron chi connectivity index (χ4n) is 1.33. The molecule has 0 bridgehead atoms. The van der Waals surface area contributed by atoms with Crippen LogP contribution in [0.15, 0.2) is 18.2 Å². The largest absolute Gasteiger partial charge is 0.482 e. The summed E-state index contributed by atoms with van der Waals surface area (Å²) in [6, 6.07) is 3.45. The van der Waals surface area contributed by atoms with Crippen LogP contribution < -0.4 is 10.1 Å². The molecule has 100 valence electrons. The first kappa shape index (κ1) is 14.3. The van der Waals surface area contributed by atoms with E-state index >= 15 is 0 Å². The van der Waals surface area contributed by atoms with Crippen molar-refractivity contribution in [2.45, 2.75) is 13.0 Å². The van der Waals surface area contributed by atoms with Gasteiger partial charge in [0.25, 0.3) is 0 Å². The zero-order valence-electron chi connectivity index (χ0n) is 9.93. The van der Waals surface area contributed by atoms with Crippen LogP contribution >= 0.6 is 0 Å². The Kier molecular flexibility index (Phi) is 5.47. The molecule has 0 radical (unpaired) electrons. The quantitative estimate of drug-likeness (QED) is 0.564. The first-order chi connectivity index (χ1) is 8.56. The molecular formula is C11H15FN2O4. The molecule has 0 spiro atoms. The Labute approximate surface area is 104 Å². The van der Waals surface area contributed by atoms with Crippen LogP contribution in [0.2, 0.25) is 0 Å². The Morgan fingerprint density at radius 2 is 2.33 bits per heavy atom. The first-order valence-corrected chi connectivity index (χ1v) is 5.50. The Morgan fingerprint density at radius 3 is 2.94 bits per heavy atom. The van der Waals surface area contributed by atoms with E-state index in [4.69, 9.17) is 4.74 Å². The summed E-state index contributed by atoms with van der Waals surface area (Å²) in [5, 5.41) is 23.0. The molecule has 0 aliphatic rings. The highest BCUT2D eigenvalue weighted by atomic mass is 19.1. The van der Waals surface area contributed by atoms with E-state index in [-0.39, 0.29) is 13.2 Å². The maximum atomic E-state index is 13.4. The highest BCUT2D eigenvalue weighted by molar-refractivity contribution is 5.46. The van der Waals surface area contributed by atoms with Gasteiger partial charge in [0.2, 0.25) is 5.75 Å². The van der Waals surface area contributed by atoms with E-state index in [1.807, 2.05) is 6.92 Å². The molecule has 1 aromatic carbocycles. The van der Waals surface area contributed by atoms with Crippen LogP contribution in [-0.2, 0) is 0 Å². The van der Waals surface area contributed by atoms with Gasteiger partial charge in [-0.05, 0) is 12.6 Å². The maximum absolute atomic E-state index is 13.4. The number of hydrogen-bond donors (Lipinski definition) is 2. The molecule has 0 saturated carbocycles. The van der Waals surface area contributed by atoms with E-state index in [1.54, 1.807) is 0 Å². The Morgan fingerprint density at radius 1 is 1.61 bits per heavy atom. The maximum Gasteiger partial charge on any atom is 0.314 e. The molecular weight excluding hydrogens is 243 g/mol. The van der Waals surface area contributed by atoms with Crippen molar-refractivity contribution in [3.63, 3.8) is 0 Å². The lowest BCUT2D eigenvalue weighted by molar-refractivity contribution is -0.386. The Balaban J connectivity index is 2.69. The number of aliphatic hydroxyl groups excluding tert-OH is 1. The Hall–Kier alpha value is -1.73. The fourth-order valence-corrected chi connectivity index (χ4v) is 1.33. The second-order valence-electron chi connectivity index (χ2n) is 3.62. The molecule has 1 atom stereocenters. The molecule has 6 nitrogen and oxygen atoms in total. The molecule has 1 unspecified atom stereocenters.